The number of benzene rings is 1. The maximum absolute atomic E-state index is 12.5. The van der Waals surface area contributed by atoms with Crippen LogP contribution in [0, 0.1) is 18.3 Å². The number of nitriles is 1. The molecule has 0 spiro atoms. The van der Waals surface area contributed by atoms with Crippen molar-refractivity contribution in [3.05, 3.63) is 40.6 Å². The fourth-order valence-electron chi connectivity index (χ4n) is 2.40. The molecule has 7 nitrogen and oxygen atoms in total. The molecule has 25 heavy (non-hydrogen) atoms. The Morgan fingerprint density at radius 1 is 1.32 bits per heavy atom. The average Bonchev–Trinajstić information content (AvgIpc) is 2.98. The van der Waals surface area contributed by atoms with E-state index < -0.39 is 12.1 Å². The summed E-state index contributed by atoms with van der Waals surface area (Å²) in [7, 11) is 0. The van der Waals surface area contributed by atoms with E-state index >= 15 is 0 Å². The third kappa shape index (κ3) is 3.30. The third-order valence-corrected chi connectivity index (χ3v) is 3.53. The molecule has 0 aliphatic rings. The van der Waals surface area contributed by atoms with E-state index in [0.29, 0.717) is 16.8 Å². The van der Waals surface area contributed by atoms with Crippen molar-refractivity contribution in [1.29, 1.82) is 5.26 Å². The van der Waals surface area contributed by atoms with Crippen LogP contribution in [0.2, 0.25) is 0 Å². The van der Waals surface area contributed by atoms with Crippen LogP contribution in [0.4, 0.5) is 18.9 Å². The first-order valence-corrected chi connectivity index (χ1v) is 6.94. The number of alkyl halides is 3. The number of hydrogen-bond donors (Lipinski definition) is 1. The average molecular weight is 349 g/mol. The van der Waals surface area contributed by atoms with E-state index in [1.807, 2.05) is 0 Å². The Morgan fingerprint density at radius 2 is 2.08 bits per heavy atom. The van der Waals surface area contributed by atoms with Crippen molar-refractivity contribution in [2.75, 3.05) is 5.73 Å². The first kappa shape index (κ1) is 16.5. The number of halogens is 3. The molecule has 0 aliphatic heterocycles. The molecule has 0 unspecified atom stereocenters. The Kier molecular flexibility index (Phi) is 3.92. The van der Waals surface area contributed by atoms with Crippen LogP contribution < -0.4 is 10.5 Å². The monoisotopic (exact) mass is 349 g/mol. The molecular formula is C15H10F3N5O2. The third-order valence-electron chi connectivity index (χ3n) is 3.53. The maximum Gasteiger partial charge on any atom is 0.573 e. The summed E-state index contributed by atoms with van der Waals surface area (Å²) in [6.07, 6.45) is -4.72. The topological polar surface area (TPSA) is 111 Å². The van der Waals surface area contributed by atoms with Gasteiger partial charge >= 0.3 is 6.36 Å². The number of fused-ring (bicyclic) bond motifs is 1. The van der Waals surface area contributed by atoms with Gasteiger partial charge in [0.05, 0.1) is 11.3 Å². The first-order valence-electron chi connectivity index (χ1n) is 6.94. The Balaban J connectivity index is 2.01. The van der Waals surface area contributed by atoms with Crippen LogP contribution in [-0.4, -0.2) is 21.7 Å². The van der Waals surface area contributed by atoms with Crippen molar-refractivity contribution in [2.45, 2.75) is 19.7 Å². The van der Waals surface area contributed by atoms with Crippen LogP contribution in [0.15, 0.2) is 22.8 Å². The summed E-state index contributed by atoms with van der Waals surface area (Å²) in [5, 5.41) is 16.2. The van der Waals surface area contributed by atoms with Gasteiger partial charge < -0.3 is 10.5 Å². The zero-order valence-electron chi connectivity index (χ0n) is 12.8. The number of aryl methyl sites for hydroxylation is 1. The smallest absolute Gasteiger partial charge is 0.404 e. The summed E-state index contributed by atoms with van der Waals surface area (Å²) in [6, 6.07) is 5.58. The van der Waals surface area contributed by atoms with Gasteiger partial charge in [-0.05, 0) is 34.9 Å². The molecule has 0 saturated heterocycles. The van der Waals surface area contributed by atoms with E-state index in [0.717, 1.165) is 6.07 Å². The van der Waals surface area contributed by atoms with Gasteiger partial charge in [-0.25, -0.2) is 9.61 Å². The van der Waals surface area contributed by atoms with Gasteiger partial charge in [-0.3, -0.25) is 0 Å². The number of nitrogens with two attached hydrogens (primary N) is 1. The molecule has 3 aromatic rings. The Labute approximate surface area is 138 Å². The molecule has 0 aliphatic carbocycles. The molecular weight excluding hydrogens is 339 g/mol. The lowest BCUT2D eigenvalue weighted by molar-refractivity contribution is -0.274. The number of anilines is 1. The zero-order valence-corrected chi connectivity index (χ0v) is 12.8. The highest BCUT2D eigenvalue weighted by Gasteiger charge is 2.32. The van der Waals surface area contributed by atoms with Crippen molar-refractivity contribution in [1.82, 2.24) is 15.3 Å². The quantitative estimate of drug-likeness (QED) is 0.774. The molecule has 0 fully saturated rings. The molecule has 128 valence electrons. The Hall–Kier alpha value is -3.35. The Morgan fingerprint density at radius 3 is 2.76 bits per heavy atom. The molecule has 0 atom stereocenters. The molecule has 2 heterocycles. The summed E-state index contributed by atoms with van der Waals surface area (Å²) >= 11 is 0. The molecule has 3 rings (SSSR count). The van der Waals surface area contributed by atoms with Crippen molar-refractivity contribution in [3.63, 3.8) is 0 Å². The number of nitrogen functional groups attached to an aromatic ring is 1. The van der Waals surface area contributed by atoms with Gasteiger partial charge in [-0.1, -0.05) is 6.07 Å². The predicted octanol–water partition coefficient (Wildman–Crippen LogP) is 2.87. The van der Waals surface area contributed by atoms with E-state index in [1.165, 1.54) is 12.1 Å². The van der Waals surface area contributed by atoms with Crippen LogP contribution >= 0.6 is 0 Å². The molecule has 0 saturated carbocycles. The lowest BCUT2D eigenvalue weighted by atomic mass is 10.0. The first-order chi connectivity index (χ1) is 11.8. The van der Waals surface area contributed by atoms with Crippen molar-refractivity contribution >= 4 is 16.9 Å². The van der Waals surface area contributed by atoms with Gasteiger partial charge in [-0.2, -0.15) is 5.26 Å². The minimum atomic E-state index is -4.90. The molecule has 0 bridgehead atoms. The van der Waals surface area contributed by atoms with E-state index in [-0.39, 0.29) is 28.8 Å². The number of nitrogens with zero attached hydrogens (tertiary/aromatic N) is 4. The summed E-state index contributed by atoms with van der Waals surface area (Å²) in [6.45, 7) is 1.69. The highest BCUT2D eigenvalue weighted by molar-refractivity contribution is 5.85. The Bertz CT molecular complexity index is 991. The molecule has 0 amide bonds. The number of pyridine rings is 1. The van der Waals surface area contributed by atoms with E-state index in [4.69, 9.17) is 11.0 Å². The van der Waals surface area contributed by atoms with E-state index in [9.17, 15) is 13.2 Å². The highest BCUT2D eigenvalue weighted by atomic mass is 19.4. The number of aromatic nitrogens is 3. The minimum Gasteiger partial charge on any atom is -0.404 e. The molecule has 2 N–H and O–H groups in total. The second-order valence-corrected chi connectivity index (χ2v) is 5.19. The number of hydrogen-bond acceptors (Lipinski definition) is 7. The number of rotatable bonds is 3. The predicted molar refractivity (Wildman–Crippen MR) is 79.4 cm³/mol. The van der Waals surface area contributed by atoms with Crippen LogP contribution in [0.1, 0.15) is 22.4 Å². The van der Waals surface area contributed by atoms with Gasteiger partial charge in [0.2, 0.25) is 5.65 Å². The van der Waals surface area contributed by atoms with Gasteiger partial charge in [0.15, 0.2) is 5.52 Å². The summed E-state index contributed by atoms with van der Waals surface area (Å²) in [5.41, 5.74) is 8.22. The van der Waals surface area contributed by atoms with Crippen molar-refractivity contribution < 1.29 is 22.5 Å². The summed E-state index contributed by atoms with van der Waals surface area (Å²) in [5.74, 6) is -0.569. The van der Waals surface area contributed by atoms with Crippen molar-refractivity contribution in [2.24, 2.45) is 0 Å². The lowest BCUT2D eigenvalue weighted by Gasteiger charge is -2.13. The van der Waals surface area contributed by atoms with Gasteiger partial charge in [0, 0.05) is 17.7 Å². The number of ether oxygens (including phenoxy) is 1. The van der Waals surface area contributed by atoms with Crippen molar-refractivity contribution in [3.8, 4) is 11.8 Å². The standard InChI is InChI=1S/C15H10F3N5O2/c1-7-10(12(20)13-14(21-7)23-25-22-13)4-8-2-3-9(6-19)11(5-8)24-15(16,17)18/h2-3,5H,4,20H2,1H3. The molecule has 2 aromatic heterocycles. The lowest BCUT2D eigenvalue weighted by Crippen LogP contribution is -2.18. The second kappa shape index (κ2) is 5.94. The van der Waals surface area contributed by atoms with Crippen LogP contribution in [0.3, 0.4) is 0 Å². The second-order valence-electron chi connectivity index (χ2n) is 5.19. The zero-order chi connectivity index (χ0) is 18.2. The minimum absolute atomic E-state index is 0.174. The molecule has 10 heteroatoms. The fraction of sp³-hybridized carbons (Fsp3) is 0.200. The summed E-state index contributed by atoms with van der Waals surface area (Å²) < 4.78 is 46.0. The van der Waals surface area contributed by atoms with E-state index in [2.05, 4.69) is 24.7 Å². The largest absolute Gasteiger partial charge is 0.573 e. The van der Waals surface area contributed by atoms with Crippen LogP contribution in [-0.2, 0) is 6.42 Å². The normalized spacial score (nSPS) is 11.5. The molecule has 0 radical (unpaired) electrons. The van der Waals surface area contributed by atoms with Crippen LogP contribution in [0.25, 0.3) is 11.2 Å². The fourth-order valence-corrected chi connectivity index (χ4v) is 2.40. The van der Waals surface area contributed by atoms with Gasteiger partial charge in [-0.15, -0.1) is 13.2 Å². The maximum atomic E-state index is 12.5. The highest BCUT2D eigenvalue weighted by Crippen LogP contribution is 2.30. The van der Waals surface area contributed by atoms with Crippen LogP contribution in [0.5, 0.6) is 5.75 Å². The van der Waals surface area contributed by atoms with Gasteiger partial charge in [0.25, 0.3) is 0 Å². The van der Waals surface area contributed by atoms with Gasteiger partial charge in [0.1, 0.15) is 11.8 Å². The van der Waals surface area contributed by atoms with E-state index in [1.54, 1.807) is 13.0 Å². The SMILES string of the molecule is Cc1nc2nonc2c(N)c1Cc1ccc(C#N)c(OC(F)(F)F)c1. The summed E-state index contributed by atoms with van der Waals surface area (Å²) in [4.78, 5) is 4.20. The molecule has 1 aromatic carbocycles.